The molecule has 0 amide bonds. The zero-order valence-corrected chi connectivity index (χ0v) is 11.7. The highest BCUT2D eigenvalue weighted by Gasteiger charge is 2.22. The van der Waals surface area contributed by atoms with Gasteiger partial charge in [0, 0.05) is 38.9 Å². The number of hydrogen-bond donors (Lipinski definition) is 3. The fourth-order valence-corrected chi connectivity index (χ4v) is 2.16. The molecule has 0 saturated carbocycles. The number of hydrogen-bond acceptors (Lipinski definition) is 5. The molecule has 0 bridgehead atoms. The van der Waals surface area contributed by atoms with E-state index in [0.717, 1.165) is 19.5 Å². The van der Waals surface area contributed by atoms with Crippen LogP contribution in [0.15, 0.2) is 24.3 Å². The fraction of sp³-hybridized carbons (Fsp3) is 0.538. The third kappa shape index (κ3) is 4.83. The summed E-state index contributed by atoms with van der Waals surface area (Å²) in [7, 11) is 9.33. The number of anilines is 1. The van der Waals surface area contributed by atoms with Crippen molar-refractivity contribution in [3.05, 3.63) is 29.8 Å². The molecule has 0 aliphatic carbocycles. The molecule has 2 radical (unpaired) electrons. The third-order valence-electron chi connectivity index (χ3n) is 3.32. The molecule has 6 heteroatoms. The zero-order valence-electron chi connectivity index (χ0n) is 11.7. The maximum atomic E-state index is 7.32. The summed E-state index contributed by atoms with van der Waals surface area (Å²) in [5, 5.41) is 7.32. The van der Waals surface area contributed by atoms with E-state index >= 15 is 0 Å². The first-order chi connectivity index (χ1) is 9.12. The van der Waals surface area contributed by atoms with Gasteiger partial charge in [0.2, 0.25) is 0 Å². The largest absolute Gasteiger partial charge is 0.370 e. The molecule has 1 aromatic carbocycles. The Bertz CT molecular complexity index is 360. The first kappa shape index (κ1) is 16.0. The highest BCUT2D eigenvalue weighted by molar-refractivity contribution is 6.04. The number of nitrogens with zero attached hydrogens (tertiary/aromatic N) is 2. The van der Waals surface area contributed by atoms with Crippen molar-refractivity contribution in [2.75, 3.05) is 32.1 Å². The van der Waals surface area contributed by atoms with Gasteiger partial charge in [-0.1, -0.05) is 12.1 Å². The second-order valence-electron chi connectivity index (χ2n) is 4.64. The van der Waals surface area contributed by atoms with Crippen LogP contribution in [0, 0.1) is 0 Å². The molecule has 19 heavy (non-hydrogen) atoms. The van der Waals surface area contributed by atoms with E-state index in [9.17, 15) is 0 Å². The lowest BCUT2D eigenvalue weighted by Crippen LogP contribution is -2.33. The third-order valence-corrected chi connectivity index (χ3v) is 3.32. The van der Waals surface area contributed by atoms with Gasteiger partial charge < -0.3 is 20.7 Å². The molecule has 1 aromatic rings. The Morgan fingerprint density at radius 3 is 2.47 bits per heavy atom. The van der Waals surface area contributed by atoms with E-state index < -0.39 is 0 Å². The van der Waals surface area contributed by atoms with Crippen molar-refractivity contribution < 1.29 is 5.21 Å². The van der Waals surface area contributed by atoms with Crippen molar-refractivity contribution in [2.24, 2.45) is 5.73 Å². The van der Waals surface area contributed by atoms with E-state index in [2.05, 4.69) is 36.2 Å². The predicted octanol–water partition coefficient (Wildman–Crippen LogP) is 0.334. The Morgan fingerprint density at radius 2 is 2.05 bits per heavy atom. The number of benzene rings is 1. The quantitative estimate of drug-likeness (QED) is 0.541. The molecule has 0 aromatic heterocycles. The Hall–Kier alpha value is -1.08. The van der Waals surface area contributed by atoms with Gasteiger partial charge in [-0.05, 0) is 30.7 Å². The van der Waals surface area contributed by atoms with Crippen LogP contribution < -0.4 is 16.1 Å². The highest BCUT2D eigenvalue weighted by atomic mass is 16.5. The zero-order chi connectivity index (χ0) is 14.3. The molecular formula is C13H23BN4O. The number of nitrogens with one attached hydrogen (secondary N) is 1. The van der Waals surface area contributed by atoms with Gasteiger partial charge in [0.15, 0.2) is 7.98 Å². The first-order valence-corrected chi connectivity index (χ1v) is 6.44. The SMILES string of the molecule is CNO.[B]N1CCC(N(C)c2ccc(CN)cc2)C1. The minimum Gasteiger partial charge on any atom is -0.370 e. The van der Waals surface area contributed by atoms with E-state index in [4.69, 9.17) is 18.9 Å². The molecular weight excluding hydrogens is 239 g/mol. The van der Waals surface area contributed by atoms with Crippen LogP contribution in [0.25, 0.3) is 0 Å². The van der Waals surface area contributed by atoms with E-state index in [0.29, 0.717) is 12.6 Å². The van der Waals surface area contributed by atoms with E-state index in [1.807, 2.05) is 4.81 Å². The highest BCUT2D eigenvalue weighted by Crippen LogP contribution is 2.20. The number of nitrogens with two attached hydrogens (primary N) is 1. The van der Waals surface area contributed by atoms with Crippen molar-refractivity contribution in [1.29, 1.82) is 0 Å². The molecule has 1 fully saturated rings. The van der Waals surface area contributed by atoms with Crippen molar-refractivity contribution in [2.45, 2.75) is 19.0 Å². The Morgan fingerprint density at radius 1 is 1.47 bits per heavy atom. The molecule has 1 heterocycles. The number of likely N-dealkylation sites (N-methyl/N-ethyl adjacent to an activating group) is 1. The molecule has 1 unspecified atom stereocenters. The first-order valence-electron chi connectivity index (χ1n) is 6.44. The molecule has 1 atom stereocenters. The summed E-state index contributed by atoms with van der Waals surface area (Å²) in [5.74, 6) is 0. The van der Waals surface area contributed by atoms with Gasteiger partial charge in [-0.3, -0.25) is 0 Å². The normalized spacial score (nSPS) is 18.8. The van der Waals surface area contributed by atoms with Crippen LogP contribution in [0.1, 0.15) is 12.0 Å². The average molecular weight is 262 g/mol. The van der Waals surface area contributed by atoms with Crippen LogP contribution in [0.2, 0.25) is 0 Å². The molecule has 1 aliphatic rings. The maximum Gasteiger partial charge on any atom is 0.182 e. The maximum absolute atomic E-state index is 7.32. The Balaban J connectivity index is 0.000000550. The fourth-order valence-electron chi connectivity index (χ4n) is 2.16. The van der Waals surface area contributed by atoms with Crippen LogP contribution in [-0.2, 0) is 6.54 Å². The van der Waals surface area contributed by atoms with E-state index in [-0.39, 0.29) is 0 Å². The van der Waals surface area contributed by atoms with Gasteiger partial charge in [-0.25, -0.2) is 5.48 Å². The van der Waals surface area contributed by atoms with E-state index in [1.165, 1.54) is 18.3 Å². The summed E-state index contributed by atoms with van der Waals surface area (Å²) in [4.78, 5) is 4.18. The summed E-state index contributed by atoms with van der Waals surface area (Å²) in [6.45, 7) is 2.52. The van der Waals surface area contributed by atoms with Crippen molar-refractivity contribution >= 4 is 13.7 Å². The average Bonchev–Trinajstić information content (AvgIpc) is 2.86. The lowest BCUT2D eigenvalue weighted by Gasteiger charge is -2.26. The van der Waals surface area contributed by atoms with Crippen LogP contribution >= 0.6 is 0 Å². The predicted molar refractivity (Wildman–Crippen MR) is 79.3 cm³/mol. The lowest BCUT2D eigenvalue weighted by atomic mass is 10.1. The second-order valence-corrected chi connectivity index (χ2v) is 4.64. The van der Waals surface area contributed by atoms with Crippen LogP contribution in [0.4, 0.5) is 5.69 Å². The Kier molecular flexibility index (Phi) is 6.87. The molecule has 104 valence electrons. The number of hydroxylamine groups is 1. The standard InChI is InChI=1S/C12H18BN3.CH5NO/c1-15(12-6-7-16(13)9-12)11-4-2-10(8-14)3-5-11;1-2-3/h2-5,12H,6-9,14H2,1H3;2-3H,1H3. The smallest absolute Gasteiger partial charge is 0.182 e. The summed E-state index contributed by atoms with van der Waals surface area (Å²) in [6.07, 6.45) is 1.13. The number of rotatable bonds is 3. The monoisotopic (exact) mass is 262 g/mol. The summed E-state index contributed by atoms with van der Waals surface area (Å²) < 4.78 is 0. The minimum atomic E-state index is 0.522. The van der Waals surface area contributed by atoms with Gasteiger partial charge in [0.05, 0.1) is 0 Å². The summed E-state index contributed by atoms with van der Waals surface area (Å²) >= 11 is 0. The van der Waals surface area contributed by atoms with Gasteiger partial charge in [0.25, 0.3) is 0 Å². The topological polar surface area (TPSA) is 64.8 Å². The van der Waals surface area contributed by atoms with Gasteiger partial charge in [0.1, 0.15) is 0 Å². The van der Waals surface area contributed by atoms with Crippen LogP contribution in [0.5, 0.6) is 0 Å². The molecule has 5 nitrogen and oxygen atoms in total. The lowest BCUT2D eigenvalue weighted by molar-refractivity contribution is 0.194. The minimum absolute atomic E-state index is 0.522. The van der Waals surface area contributed by atoms with E-state index in [1.54, 1.807) is 5.48 Å². The Labute approximate surface area is 116 Å². The van der Waals surface area contributed by atoms with Crippen LogP contribution in [0.3, 0.4) is 0 Å². The molecule has 1 aliphatic heterocycles. The molecule has 0 spiro atoms. The van der Waals surface area contributed by atoms with Crippen molar-refractivity contribution in [3.8, 4) is 0 Å². The molecule has 4 N–H and O–H groups in total. The van der Waals surface area contributed by atoms with Gasteiger partial charge >= 0.3 is 0 Å². The van der Waals surface area contributed by atoms with Gasteiger partial charge in [-0.15, -0.1) is 0 Å². The van der Waals surface area contributed by atoms with Crippen molar-refractivity contribution in [3.63, 3.8) is 0 Å². The summed E-state index contributed by atoms with van der Waals surface area (Å²) in [6, 6.07) is 8.94. The second kappa shape index (κ2) is 8.17. The summed E-state index contributed by atoms with van der Waals surface area (Å²) in [5.41, 5.74) is 9.73. The van der Waals surface area contributed by atoms with Gasteiger partial charge in [-0.2, -0.15) is 0 Å². The van der Waals surface area contributed by atoms with Crippen molar-refractivity contribution in [1.82, 2.24) is 10.3 Å². The molecule has 2 rings (SSSR count). The molecule has 1 saturated heterocycles. The van der Waals surface area contributed by atoms with Crippen LogP contribution in [-0.4, -0.2) is 51.2 Å².